The Hall–Kier alpha value is -5.03. The third-order valence-corrected chi connectivity index (χ3v) is 14.0. The molecule has 1 saturated heterocycles. The van der Waals surface area contributed by atoms with Gasteiger partial charge in [0.15, 0.2) is 11.0 Å². The molecule has 9 rings (SSSR count). The number of nitrogens with zero attached hydrogens (tertiary/aromatic N) is 4. The normalized spacial score (nSPS) is 25.2. The van der Waals surface area contributed by atoms with E-state index in [0.717, 1.165) is 33.7 Å². The van der Waals surface area contributed by atoms with Gasteiger partial charge in [0, 0.05) is 77.6 Å². The summed E-state index contributed by atoms with van der Waals surface area (Å²) in [6, 6.07) is 8.96. The van der Waals surface area contributed by atoms with Crippen LogP contribution in [-0.4, -0.2) is 81.0 Å². The number of phenols is 1. The van der Waals surface area contributed by atoms with Gasteiger partial charge in [-0.25, -0.2) is 14.8 Å². The zero-order chi connectivity index (χ0) is 40.3. The molecule has 2 bridgehead atoms. The van der Waals surface area contributed by atoms with Crippen LogP contribution in [0.1, 0.15) is 54.3 Å². The first-order chi connectivity index (χ1) is 27.9. The molecule has 0 radical (unpaired) electrons. The zero-order valence-corrected chi connectivity index (χ0v) is 34.1. The summed E-state index contributed by atoms with van der Waals surface area (Å²) < 4.78 is 25.3. The van der Waals surface area contributed by atoms with Crippen LogP contribution in [0.2, 0.25) is 0 Å². The van der Waals surface area contributed by atoms with Crippen LogP contribution in [0.3, 0.4) is 0 Å². The van der Waals surface area contributed by atoms with Crippen molar-refractivity contribution in [2.75, 3.05) is 37.4 Å². The molecule has 0 unspecified atom stereocenters. The number of benzene rings is 1. The second-order valence-electron chi connectivity index (χ2n) is 15.7. The van der Waals surface area contributed by atoms with E-state index in [0.29, 0.717) is 91.2 Å². The summed E-state index contributed by atoms with van der Waals surface area (Å²) in [5, 5.41) is 14.7. The Morgan fingerprint density at radius 1 is 1.09 bits per heavy atom. The predicted octanol–water partition coefficient (Wildman–Crippen LogP) is 5.37. The van der Waals surface area contributed by atoms with Crippen LogP contribution in [0.5, 0.6) is 11.5 Å². The minimum Gasteiger partial charge on any atom is -0.507 e. The van der Waals surface area contributed by atoms with Crippen LogP contribution < -0.4 is 26.9 Å². The van der Waals surface area contributed by atoms with E-state index in [4.69, 9.17) is 40.1 Å². The first-order valence-electron chi connectivity index (χ1n) is 19.4. The van der Waals surface area contributed by atoms with Gasteiger partial charge in [-0.1, -0.05) is 21.6 Å². The van der Waals surface area contributed by atoms with Gasteiger partial charge < -0.3 is 45.4 Å². The molecule has 0 saturated carbocycles. The number of phenolic OH excluding ortho intramolecular Hbond substituents is 1. The van der Waals surface area contributed by atoms with Gasteiger partial charge in [-0.05, 0) is 70.1 Å². The molecule has 6 N–H and O–H groups in total. The highest BCUT2D eigenvalue weighted by Crippen LogP contribution is 2.48. The lowest BCUT2D eigenvalue weighted by Crippen LogP contribution is -2.53. The van der Waals surface area contributed by atoms with Crippen molar-refractivity contribution < 1.29 is 28.5 Å². The lowest BCUT2D eigenvalue weighted by atomic mass is 9.86. The van der Waals surface area contributed by atoms with Gasteiger partial charge in [-0.3, -0.25) is 9.79 Å². The standard InChI is InChI=1S/C42H45N7O7S2/c1-22-12-31(50)37-33(53-22)17-32-27(38(37)51)16-35-41(2,55-32)8-11-57-58-21-28-26(15-25(47-39(28)44)19-49-18-24-6-9-46-30(24)20-49)29-13-23(14-36(43)48-29)4-5-34-42(56-34,7-10-45-3)40(52)54-35/h6,9,12-15,17-18,34-35,45,51H,4-5,7-8,10-11,16,19-21H2,1-3H3,(H2,43,48)(H2,44,47)/t34-,35-,41-,42-/m0/s1. The predicted molar refractivity (Wildman–Crippen MR) is 226 cm³/mol. The number of anilines is 2. The number of fused-ring (bicyclic) bond motifs is 9. The quantitative estimate of drug-likeness (QED) is 0.114. The number of rotatable bonds is 5. The maximum atomic E-state index is 14.4. The molecule has 1 aromatic carbocycles. The van der Waals surface area contributed by atoms with E-state index in [-0.39, 0.29) is 28.6 Å². The van der Waals surface area contributed by atoms with Crippen molar-refractivity contribution in [3.63, 3.8) is 0 Å². The van der Waals surface area contributed by atoms with Crippen LogP contribution in [0.15, 0.2) is 68.6 Å². The van der Waals surface area contributed by atoms with Crippen LogP contribution in [0, 0.1) is 6.92 Å². The zero-order valence-electron chi connectivity index (χ0n) is 32.5. The molecule has 58 heavy (non-hydrogen) atoms. The SMILES string of the molecule is CNCC[C@]12O[C@H]1CCc1cc(N)nc(c1)-c1cc(CN3C=C4C=CN=C4C3)nc(N)c1CSSCC[C@]1(C)Oc3cc4oc(C)cc(=O)c4c(O)c3C[C@@H]1OC2=O. The molecule has 0 aliphatic carbocycles. The van der Waals surface area contributed by atoms with Gasteiger partial charge in [0.25, 0.3) is 0 Å². The van der Waals surface area contributed by atoms with E-state index < -0.39 is 29.4 Å². The number of allylic oxidation sites excluding steroid dienone is 1. The molecule has 8 heterocycles. The van der Waals surface area contributed by atoms with Gasteiger partial charge in [-0.2, -0.15) is 0 Å². The molecule has 0 spiro atoms. The number of esters is 1. The number of aromatic nitrogens is 2. The molecule has 5 aliphatic rings. The van der Waals surface area contributed by atoms with Crippen molar-refractivity contribution in [1.29, 1.82) is 0 Å². The molecule has 14 nitrogen and oxygen atoms in total. The minimum atomic E-state index is -1.17. The fraction of sp³-hybridized carbons (Fsp3) is 0.405. The Morgan fingerprint density at radius 3 is 2.78 bits per heavy atom. The van der Waals surface area contributed by atoms with Crippen LogP contribution in [0.25, 0.3) is 22.2 Å². The highest BCUT2D eigenvalue weighted by Gasteiger charge is 2.63. The summed E-state index contributed by atoms with van der Waals surface area (Å²) >= 11 is 0. The van der Waals surface area contributed by atoms with Gasteiger partial charge in [-0.15, -0.1) is 0 Å². The van der Waals surface area contributed by atoms with Crippen molar-refractivity contribution >= 4 is 55.9 Å². The third kappa shape index (κ3) is 7.09. The lowest BCUT2D eigenvalue weighted by Gasteiger charge is -2.42. The van der Waals surface area contributed by atoms with Gasteiger partial charge in [0.05, 0.1) is 36.3 Å². The summed E-state index contributed by atoms with van der Waals surface area (Å²) in [7, 11) is 5.11. The van der Waals surface area contributed by atoms with Crippen molar-refractivity contribution in [2.24, 2.45) is 4.99 Å². The molecular weight excluding hydrogens is 779 g/mol. The number of epoxide rings is 1. The van der Waals surface area contributed by atoms with Gasteiger partial charge >= 0.3 is 5.97 Å². The molecule has 1 fully saturated rings. The summed E-state index contributed by atoms with van der Waals surface area (Å²) in [6.45, 7) is 5.38. The monoisotopic (exact) mass is 823 g/mol. The number of aryl methyl sites for hydroxylation is 2. The first-order valence-corrected chi connectivity index (χ1v) is 21.9. The Kier molecular flexibility index (Phi) is 9.93. The van der Waals surface area contributed by atoms with Crippen molar-refractivity contribution in [2.45, 2.75) is 81.7 Å². The number of aromatic hydroxyl groups is 1. The molecule has 0 amide bonds. The maximum Gasteiger partial charge on any atom is 0.341 e. The summed E-state index contributed by atoms with van der Waals surface area (Å²) in [6.07, 6.45) is 6.86. The third-order valence-electron chi connectivity index (χ3n) is 11.7. The molecule has 16 heteroatoms. The van der Waals surface area contributed by atoms with Gasteiger partial charge in [0.1, 0.15) is 51.6 Å². The maximum absolute atomic E-state index is 14.4. The van der Waals surface area contributed by atoms with E-state index in [9.17, 15) is 14.7 Å². The molecule has 5 aliphatic heterocycles. The molecule has 4 aromatic rings. The largest absolute Gasteiger partial charge is 0.507 e. The smallest absolute Gasteiger partial charge is 0.341 e. The molecule has 3 aromatic heterocycles. The Balaban J connectivity index is 1.06. The average molecular weight is 824 g/mol. The summed E-state index contributed by atoms with van der Waals surface area (Å²) in [4.78, 5) is 43.7. The second-order valence-corrected chi connectivity index (χ2v) is 18.3. The van der Waals surface area contributed by atoms with Crippen LogP contribution in [-0.2, 0) is 39.4 Å². The topological polar surface area (TPSA) is 204 Å². The number of ether oxygens (including phenoxy) is 3. The number of carbonyl (C=O) groups excluding carboxylic acids is 1. The number of nitrogens with two attached hydrogens (primary N) is 2. The summed E-state index contributed by atoms with van der Waals surface area (Å²) in [5.74, 6) is 2.07. The number of carbonyl (C=O) groups is 1. The number of aliphatic imine (C=N–C) groups is 1. The second kappa shape index (κ2) is 15.0. The first kappa shape index (κ1) is 38.5. The van der Waals surface area contributed by atoms with Crippen LogP contribution >= 0.6 is 21.6 Å². The highest BCUT2D eigenvalue weighted by atomic mass is 33.1. The van der Waals surface area contributed by atoms with E-state index in [1.165, 1.54) is 6.07 Å². The van der Waals surface area contributed by atoms with E-state index in [2.05, 4.69) is 27.5 Å². The average Bonchev–Trinajstić information content (AvgIpc) is 3.49. The molecule has 302 valence electrons. The van der Waals surface area contributed by atoms with E-state index in [1.54, 1.807) is 34.6 Å². The number of nitrogen functional groups attached to an aromatic ring is 2. The minimum absolute atomic E-state index is 0.0650. The highest BCUT2D eigenvalue weighted by molar-refractivity contribution is 8.76. The molecular formula is C42H45N7O7S2. The van der Waals surface area contributed by atoms with E-state index in [1.807, 2.05) is 38.4 Å². The fourth-order valence-corrected chi connectivity index (χ4v) is 10.8. The Morgan fingerprint density at radius 2 is 1.95 bits per heavy atom. The Labute approximate surface area is 342 Å². The number of nitrogens with one attached hydrogen (secondary N) is 1. The van der Waals surface area contributed by atoms with E-state index >= 15 is 0 Å². The lowest BCUT2D eigenvalue weighted by molar-refractivity contribution is -0.169. The number of hydrogen-bond donors (Lipinski definition) is 4. The Bertz CT molecular complexity index is 2510. The summed E-state index contributed by atoms with van der Waals surface area (Å²) in [5.41, 5.74) is 17.7. The van der Waals surface area contributed by atoms with Crippen molar-refractivity contribution in [1.82, 2.24) is 20.2 Å². The fourth-order valence-electron chi connectivity index (χ4n) is 8.45. The molecule has 4 atom stereocenters. The van der Waals surface area contributed by atoms with Crippen molar-refractivity contribution in [3.05, 3.63) is 92.7 Å². The van der Waals surface area contributed by atoms with Crippen molar-refractivity contribution in [3.8, 4) is 22.8 Å². The number of pyridine rings is 2. The number of hydrogen-bond acceptors (Lipinski definition) is 16. The van der Waals surface area contributed by atoms with Gasteiger partial charge in [0.2, 0.25) is 0 Å². The van der Waals surface area contributed by atoms with Crippen LogP contribution in [0.4, 0.5) is 11.6 Å².